The molecule has 1 saturated carbocycles. The summed E-state index contributed by atoms with van der Waals surface area (Å²) in [6.45, 7) is 3.38. The Morgan fingerprint density at radius 2 is 2.00 bits per heavy atom. The molecule has 0 bridgehead atoms. The van der Waals surface area contributed by atoms with Crippen molar-refractivity contribution in [1.82, 2.24) is 29.6 Å². The third kappa shape index (κ3) is 6.31. The highest BCUT2D eigenvalue weighted by Crippen LogP contribution is 2.60. The number of piperidine rings is 1. The van der Waals surface area contributed by atoms with E-state index in [0.29, 0.717) is 39.7 Å². The van der Waals surface area contributed by atoms with E-state index in [1.807, 2.05) is 12.1 Å². The quantitative estimate of drug-likeness (QED) is 0.0448. The minimum atomic E-state index is -0.863. The second kappa shape index (κ2) is 12.9. The molecule has 14 nitrogen and oxygen atoms in total. The number of ketones is 1. The highest BCUT2D eigenvalue weighted by molar-refractivity contribution is 9.10. The van der Waals surface area contributed by atoms with Gasteiger partial charge in [-0.05, 0) is 65.0 Å². The average molecular weight is 698 g/mol. The number of aromatic nitrogens is 5. The van der Waals surface area contributed by atoms with E-state index in [0.717, 1.165) is 11.1 Å². The zero-order chi connectivity index (χ0) is 33.3. The SMILES string of the molecule is C#CCOCc1ccc(Br)nc1NC(=O)[C@@H]1C[C@@]2(CN=[N+]=[N-])C[C@H]2N1C(=O)Cn1nc(C(C)=O)c2cc(-c3cnc(C)nc3)ccc21. The standard InChI is InChI=1S/C32H29BrN10O4/c1-4-9-47-16-21-6-8-27(33)38-30(21)39-31(46)25-11-32(17-37-41-34)12-26(32)43(25)28(45)15-42-24-7-5-20(22-13-35-19(3)36-14-22)10-23(24)29(40-42)18(2)44/h1,5-8,10,13-14,25-26H,9,11-12,15-17H2,2-3H3,(H,38,39,46)/t25-,26+,32-/m0/s1. The molecule has 1 aromatic carbocycles. The van der Waals surface area contributed by atoms with Crippen LogP contribution in [0.25, 0.3) is 32.5 Å². The van der Waals surface area contributed by atoms with Crippen molar-refractivity contribution in [2.45, 2.75) is 51.9 Å². The normalized spacial score (nSPS) is 19.5. The molecule has 0 radical (unpaired) electrons. The number of nitrogens with one attached hydrogen (secondary N) is 1. The van der Waals surface area contributed by atoms with Crippen LogP contribution in [-0.4, -0.2) is 72.5 Å². The summed E-state index contributed by atoms with van der Waals surface area (Å²) in [6.07, 6.45) is 9.63. The number of carbonyl (C=O) groups is 3. The molecule has 238 valence electrons. The number of halogens is 1. The second-order valence-corrected chi connectivity index (χ2v) is 12.4. The zero-order valence-electron chi connectivity index (χ0n) is 25.6. The Morgan fingerprint density at radius 3 is 2.72 bits per heavy atom. The molecule has 0 unspecified atom stereocenters. The van der Waals surface area contributed by atoms with Crippen LogP contribution in [0.3, 0.4) is 0 Å². The molecule has 1 N–H and O–H groups in total. The molecule has 4 aromatic rings. The van der Waals surface area contributed by atoms with Crippen LogP contribution >= 0.6 is 15.9 Å². The average Bonchev–Trinajstić information content (AvgIpc) is 3.47. The maximum atomic E-state index is 14.1. The fourth-order valence-electron chi connectivity index (χ4n) is 6.21. The Morgan fingerprint density at radius 1 is 1.21 bits per heavy atom. The lowest BCUT2D eigenvalue weighted by Gasteiger charge is -2.27. The number of benzene rings is 1. The van der Waals surface area contributed by atoms with Gasteiger partial charge in [-0.25, -0.2) is 15.0 Å². The van der Waals surface area contributed by atoms with Gasteiger partial charge in [-0.2, -0.15) is 5.10 Å². The van der Waals surface area contributed by atoms with Gasteiger partial charge >= 0.3 is 0 Å². The van der Waals surface area contributed by atoms with Crippen molar-refractivity contribution in [2.75, 3.05) is 18.5 Å². The van der Waals surface area contributed by atoms with Gasteiger partial charge in [0, 0.05) is 58.7 Å². The number of hydrogen-bond acceptors (Lipinski definition) is 9. The van der Waals surface area contributed by atoms with Crippen LogP contribution in [-0.2, 0) is 27.5 Å². The van der Waals surface area contributed by atoms with Gasteiger partial charge in [-0.3, -0.25) is 19.1 Å². The molecular weight excluding hydrogens is 668 g/mol. The van der Waals surface area contributed by atoms with Crippen molar-refractivity contribution >= 4 is 50.2 Å². The summed E-state index contributed by atoms with van der Waals surface area (Å²) >= 11 is 3.34. The predicted molar refractivity (Wildman–Crippen MR) is 175 cm³/mol. The molecule has 47 heavy (non-hydrogen) atoms. The Labute approximate surface area is 277 Å². The predicted octanol–water partition coefficient (Wildman–Crippen LogP) is 4.62. The van der Waals surface area contributed by atoms with E-state index < -0.39 is 17.4 Å². The molecule has 1 aliphatic carbocycles. The van der Waals surface area contributed by atoms with E-state index in [4.69, 9.17) is 16.7 Å². The summed E-state index contributed by atoms with van der Waals surface area (Å²) in [7, 11) is 0. The number of carbonyl (C=O) groups excluding carboxylic acids is 3. The van der Waals surface area contributed by atoms with Gasteiger partial charge in [0.05, 0.1) is 12.1 Å². The minimum Gasteiger partial charge on any atom is -0.364 e. The lowest BCUT2D eigenvalue weighted by atomic mass is 9.99. The molecule has 15 heteroatoms. The molecule has 6 rings (SSSR count). The maximum Gasteiger partial charge on any atom is 0.248 e. The summed E-state index contributed by atoms with van der Waals surface area (Å²) in [5, 5.41) is 11.8. The van der Waals surface area contributed by atoms with Crippen LogP contribution in [0.2, 0.25) is 0 Å². The van der Waals surface area contributed by atoms with Crippen LogP contribution in [0, 0.1) is 24.7 Å². The van der Waals surface area contributed by atoms with E-state index in [1.165, 1.54) is 11.6 Å². The van der Waals surface area contributed by atoms with Gasteiger partial charge in [0.15, 0.2) is 5.78 Å². The minimum absolute atomic E-state index is 0.0904. The number of rotatable bonds is 11. The van der Waals surface area contributed by atoms with Gasteiger partial charge in [0.1, 0.15) is 41.1 Å². The van der Waals surface area contributed by atoms with E-state index in [1.54, 1.807) is 42.4 Å². The van der Waals surface area contributed by atoms with Crippen molar-refractivity contribution in [2.24, 2.45) is 10.5 Å². The highest BCUT2D eigenvalue weighted by atomic mass is 79.9. The van der Waals surface area contributed by atoms with Gasteiger partial charge in [0.25, 0.3) is 0 Å². The van der Waals surface area contributed by atoms with Crippen LogP contribution in [0.4, 0.5) is 5.82 Å². The number of likely N-dealkylation sites (tertiary alicyclic amines) is 1. The van der Waals surface area contributed by atoms with Crippen molar-refractivity contribution in [3.63, 3.8) is 0 Å². The summed E-state index contributed by atoms with van der Waals surface area (Å²) in [5.74, 6) is 2.28. The molecule has 4 heterocycles. The first-order valence-electron chi connectivity index (χ1n) is 14.7. The fourth-order valence-corrected chi connectivity index (χ4v) is 6.52. The van der Waals surface area contributed by atoms with E-state index >= 15 is 0 Å². The summed E-state index contributed by atoms with van der Waals surface area (Å²) in [6, 6.07) is 7.81. The molecule has 3 atom stereocenters. The number of pyridine rings is 1. The second-order valence-electron chi connectivity index (χ2n) is 11.6. The number of ether oxygens (including phenoxy) is 1. The largest absolute Gasteiger partial charge is 0.364 e. The van der Waals surface area contributed by atoms with Crippen molar-refractivity contribution in [3.05, 3.63) is 74.9 Å². The van der Waals surface area contributed by atoms with Crippen LogP contribution in [0.15, 0.2) is 52.4 Å². The number of azide groups is 1. The monoisotopic (exact) mass is 696 g/mol. The number of terminal acetylenes is 1. The Kier molecular flexibility index (Phi) is 8.74. The first kappa shape index (κ1) is 31.8. The number of hydrogen-bond donors (Lipinski definition) is 1. The van der Waals surface area contributed by atoms with Crippen molar-refractivity contribution < 1.29 is 19.1 Å². The van der Waals surface area contributed by atoms with Crippen molar-refractivity contribution in [1.29, 1.82) is 0 Å². The number of nitrogens with zero attached hydrogens (tertiary/aromatic N) is 9. The Hall–Kier alpha value is -5.16. The first-order chi connectivity index (χ1) is 22.6. The summed E-state index contributed by atoms with van der Waals surface area (Å²) in [4.78, 5) is 58.0. The fraction of sp³-hybridized carbons (Fsp3) is 0.344. The third-order valence-corrected chi connectivity index (χ3v) is 9.01. The van der Waals surface area contributed by atoms with Gasteiger partial charge in [-0.1, -0.05) is 23.2 Å². The van der Waals surface area contributed by atoms with E-state index in [-0.39, 0.29) is 55.5 Å². The van der Waals surface area contributed by atoms with Gasteiger partial charge < -0.3 is 15.0 Å². The smallest absolute Gasteiger partial charge is 0.248 e. The zero-order valence-corrected chi connectivity index (χ0v) is 27.1. The van der Waals surface area contributed by atoms with Crippen molar-refractivity contribution in [3.8, 4) is 23.5 Å². The molecule has 2 amide bonds. The highest BCUT2D eigenvalue weighted by Gasteiger charge is 2.66. The van der Waals surface area contributed by atoms with Gasteiger partial charge in [-0.15, -0.1) is 6.42 Å². The first-order valence-corrected chi connectivity index (χ1v) is 15.5. The number of aryl methyl sites for hydroxylation is 1. The molecule has 1 saturated heterocycles. The maximum absolute atomic E-state index is 14.1. The van der Waals surface area contributed by atoms with E-state index in [9.17, 15) is 14.4 Å². The lowest BCUT2D eigenvalue weighted by molar-refractivity contribution is -0.138. The van der Waals surface area contributed by atoms with Crippen LogP contribution in [0.1, 0.15) is 41.6 Å². The lowest BCUT2D eigenvalue weighted by Crippen LogP contribution is -2.47. The van der Waals surface area contributed by atoms with Gasteiger partial charge in [0.2, 0.25) is 11.8 Å². The molecule has 1 aliphatic heterocycles. The molecular formula is C32H29BrN10O4. The third-order valence-electron chi connectivity index (χ3n) is 8.57. The summed E-state index contributed by atoms with van der Waals surface area (Å²) in [5.41, 5.74) is 11.5. The molecule has 3 aromatic heterocycles. The van der Waals surface area contributed by atoms with E-state index in [2.05, 4.69) is 57.2 Å². The number of Topliss-reactive ketones (excluding diaryl/α,β-unsaturated/α-hetero) is 1. The number of fused-ring (bicyclic) bond motifs is 2. The number of amides is 2. The molecule has 2 aliphatic rings. The Balaban J connectivity index is 1.29. The number of anilines is 1. The summed E-state index contributed by atoms with van der Waals surface area (Å²) < 4.78 is 7.46. The molecule has 0 spiro atoms. The Bertz CT molecular complexity index is 2000. The van der Waals surface area contributed by atoms with Crippen LogP contribution in [0.5, 0.6) is 0 Å². The topological polar surface area (TPSA) is 181 Å². The van der Waals surface area contributed by atoms with Crippen LogP contribution < -0.4 is 5.32 Å². The molecule has 2 fully saturated rings.